The van der Waals surface area contributed by atoms with E-state index in [9.17, 15) is 13.2 Å². The van der Waals surface area contributed by atoms with Gasteiger partial charge < -0.3 is 9.88 Å². The Morgan fingerprint density at radius 2 is 1.77 bits per heavy atom. The molecule has 1 radical (unpaired) electrons. The van der Waals surface area contributed by atoms with Gasteiger partial charge in [-0.3, -0.25) is 4.90 Å². The number of aromatic nitrogens is 2. The molecule has 1 aromatic heterocycles. The number of rotatable bonds is 5. The predicted octanol–water partition coefficient (Wildman–Crippen LogP) is 1.35. The SMILES string of the molecule is Cn1ccnc1CN1CC(S(=O)(=O)NC(=O)Nc2c3c(cc4c2CCC4)CCC3)C1.[K]. The number of anilines is 1. The topological polar surface area (TPSA) is 96.3 Å². The second-order valence-corrected chi connectivity index (χ2v) is 10.6. The fraction of sp³-hybridized carbons (Fsp3) is 0.524. The van der Waals surface area contributed by atoms with Crippen molar-refractivity contribution < 1.29 is 13.2 Å². The molecule has 0 spiro atoms. The molecule has 3 aliphatic rings. The van der Waals surface area contributed by atoms with Crippen molar-refractivity contribution in [2.45, 2.75) is 50.3 Å². The van der Waals surface area contributed by atoms with Crippen LogP contribution in [-0.4, -0.2) is 98.6 Å². The van der Waals surface area contributed by atoms with Crippen molar-refractivity contribution in [1.29, 1.82) is 0 Å². The molecule has 1 fully saturated rings. The zero-order chi connectivity index (χ0) is 20.9. The van der Waals surface area contributed by atoms with Crippen molar-refractivity contribution >= 4 is 73.1 Å². The van der Waals surface area contributed by atoms with Crippen molar-refractivity contribution in [3.8, 4) is 0 Å². The van der Waals surface area contributed by atoms with E-state index in [1.54, 1.807) is 6.20 Å². The molecule has 8 nitrogen and oxygen atoms in total. The third-order valence-corrected chi connectivity index (χ3v) is 8.24. The summed E-state index contributed by atoms with van der Waals surface area (Å²) in [5.74, 6) is 0.892. The van der Waals surface area contributed by atoms with Gasteiger partial charge in [-0.25, -0.2) is 22.9 Å². The number of benzene rings is 1. The molecule has 2 heterocycles. The third kappa shape index (κ3) is 4.66. The van der Waals surface area contributed by atoms with E-state index in [2.05, 4.69) is 21.1 Å². The molecule has 1 aromatic carbocycles. The van der Waals surface area contributed by atoms with Crippen LogP contribution in [-0.2, 0) is 49.3 Å². The van der Waals surface area contributed by atoms with E-state index >= 15 is 0 Å². The molecule has 31 heavy (non-hydrogen) atoms. The predicted molar refractivity (Wildman–Crippen MR) is 120 cm³/mol. The Morgan fingerprint density at radius 3 is 2.35 bits per heavy atom. The van der Waals surface area contributed by atoms with Crippen LogP contribution in [0.25, 0.3) is 0 Å². The summed E-state index contributed by atoms with van der Waals surface area (Å²) in [6, 6.07) is 1.64. The first-order valence-corrected chi connectivity index (χ1v) is 12.1. The molecule has 5 rings (SSSR count). The number of nitrogens with zero attached hydrogens (tertiary/aromatic N) is 3. The molecule has 0 unspecified atom stereocenters. The van der Waals surface area contributed by atoms with Gasteiger partial charge in [0, 0.05) is 89.6 Å². The average Bonchev–Trinajstić information content (AvgIpc) is 3.37. The molecule has 161 valence electrons. The molecule has 2 aromatic rings. The number of urea groups is 1. The summed E-state index contributed by atoms with van der Waals surface area (Å²) in [4.78, 5) is 18.9. The van der Waals surface area contributed by atoms with Gasteiger partial charge in [0.25, 0.3) is 0 Å². The van der Waals surface area contributed by atoms with Gasteiger partial charge in [0.15, 0.2) is 0 Å². The molecule has 2 N–H and O–H groups in total. The molecule has 2 aliphatic carbocycles. The number of likely N-dealkylation sites (tertiary alicyclic amines) is 1. The van der Waals surface area contributed by atoms with Crippen LogP contribution in [0.4, 0.5) is 10.5 Å². The van der Waals surface area contributed by atoms with Crippen molar-refractivity contribution in [3.05, 3.63) is 46.5 Å². The molecule has 0 bridgehead atoms. The monoisotopic (exact) mass is 468 g/mol. The second-order valence-electron chi connectivity index (χ2n) is 8.61. The Balaban J connectivity index is 0.00000231. The first kappa shape index (κ1) is 23.4. The molecule has 2 amide bonds. The number of hydrogen-bond donors (Lipinski definition) is 2. The number of carbonyl (C=O) groups excluding carboxylic acids is 1. The molecular weight excluding hydrogens is 441 g/mol. The van der Waals surface area contributed by atoms with Gasteiger partial charge in [-0.1, -0.05) is 6.07 Å². The van der Waals surface area contributed by atoms with Crippen LogP contribution < -0.4 is 10.0 Å². The Bertz CT molecular complexity index is 1080. The Kier molecular flexibility index (Phi) is 6.98. The summed E-state index contributed by atoms with van der Waals surface area (Å²) in [5.41, 5.74) is 5.84. The zero-order valence-electron chi connectivity index (χ0n) is 18.1. The van der Waals surface area contributed by atoms with Crippen LogP contribution in [0, 0.1) is 0 Å². The number of amides is 2. The summed E-state index contributed by atoms with van der Waals surface area (Å²) in [5, 5.41) is 2.31. The summed E-state index contributed by atoms with van der Waals surface area (Å²) in [6.45, 7) is 1.39. The van der Waals surface area contributed by atoms with Gasteiger partial charge in [-0.15, -0.1) is 0 Å². The van der Waals surface area contributed by atoms with Crippen molar-refractivity contribution in [3.63, 3.8) is 0 Å². The first-order chi connectivity index (χ1) is 14.4. The van der Waals surface area contributed by atoms with Gasteiger partial charge in [0.05, 0.1) is 6.54 Å². The molecule has 1 aliphatic heterocycles. The molecule has 0 saturated carbocycles. The first-order valence-electron chi connectivity index (χ1n) is 10.6. The smallest absolute Gasteiger partial charge is 0.332 e. The average molecular weight is 469 g/mol. The molecule has 1 saturated heterocycles. The number of carbonyl (C=O) groups is 1. The van der Waals surface area contributed by atoms with Gasteiger partial charge in [-0.05, 0) is 60.8 Å². The zero-order valence-corrected chi connectivity index (χ0v) is 22.1. The van der Waals surface area contributed by atoms with Gasteiger partial charge in [-0.2, -0.15) is 0 Å². The minimum Gasteiger partial charge on any atom is -0.337 e. The van der Waals surface area contributed by atoms with Crippen molar-refractivity contribution in [2.75, 3.05) is 18.4 Å². The maximum atomic E-state index is 12.7. The molecule has 10 heteroatoms. The van der Waals surface area contributed by atoms with Crippen LogP contribution in [0.2, 0.25) is 0 Å². The fourth-order valence-corrected chi connectivity index (χ4v) is 6.21. The number of nitrogens with one attached hydrogen (secondary N) is 2. The number of sulfonamides is 1. The Hall–Kier alpha value is -0.754. The van der Waals surface area contributed by atoms with Crippen LogP contribution in [0.5, 0.6) is 0 Å². The fourth-order valence-electron chi connectivity index (χ4n) is 4.92. The molecule has 0 atom stereocenters. The number of imidazole rings is 1. The normalized spacial score (nSPS) is 18.1. The van der Waals surface area contributed by atoms with Gasteiger partial charge in [0.2, 0.25) is 10.0 Å². The summed E-state index contributed by atoms with van der Waals surface area (Å²) in [6.07, 6.45) is 9.71. The molecular formula is C21H27KN5O3S. The van der Waals surface area contributed by atoms with E-state index in [0.29, 0.717) is 19.6 Å². The number of aryl methyl sites for hydroxylation is 3. The number of hydrogen-bond acceptors (Lipinski definition) is 5. The van der Waals surface area contributed by atoms with E-state index in [-0.39, 0.29) is 51.4 Å². The van der Waals surface area contributed by atoms with Crippen LogP contribution in [0.1, 0.15) is 40.9 Å². The van der Waals surface area contributed by atoms with Crippen LogP contribution >= 0.6 is 0 Å². The second kappa shape index (κ2) is 9.24. The Morgan fingerprint density at radius 1 is 1.13 bits per heavy atom. The Labute approximate surface area is 225 Å². The van der Waals surface area contributed by atoms with E-state index in [4.69, 9.17) is 0 Å². The maximum Gasteiger partial charge on any atom is 0.332 e. The summed E-state index contributed by atoms with van der Waals surface area (Å²) < 4.78 is 29.5. The van der Waals surface area contributed by atoms with E-state index in [1.165, 1.54) is 22.3 Å². The minimum absolute atomic E-state index is 0. The van der Waals surface area contributed by atoms with Crippen molar-refractivity contribution in [1.82, 2.24) is 19.2 Å². The number of fused-ring (bicyclic) bond motifs is 2. The standard InChI is InChI=1S/C21H27N5O3S.K/c1-25-9-8-22-19(25)13-26-11-16(12-26)30(28,29)24-21(27)23-20-17-6-2-4-14(17)10-15-5-3-7-18(15)20;/h8-10,16H,2-7,11-13H2,1H3,(H2,23,24,27);. The minimum atomic E-state index is -3.72. The summed E-state index contributed by atoms with van der Waals surface area (Å²) in [7, 11) is -1.81. The van der Waals surface area contributed by atoms with Gasteiger partial charge >= 0.3 is 6.03 Å². The van der Waals surface area contributed by atoms with E-state index < -0.39 is 21.3 Å². The van der Waals surface area contributed by atoms with E-state index in [1.807, 2.05) is 22.7 Å². The van der Waals surface area contributed by atoms with Gasteiger partial charge in [0.1, 0.15) is 11.1 Å². The summed E-state index contributed by atoms with van der Waals surface area (Å²) >= 11 is 0. The third-order valence-electron chi connectivity index (χ3n) is 6.60. The largest absolute Gasteiger partial charge is 0.337 e. The van der Waals surface area contributed by atoms with Crippen LogP contribution in [0.3, 0.4) is 0 Å². The van der Waals surface area contributed by atoms with Crippen molar-refractivity contribution in [2.24, 2.45) is 7.05 Å². The quantitative estimate of drug-likeness (QED) is 0.646. The van der Waals surface area contributed by atoms with Crippen LogP contribution in [0.15, 0.2) is 18.5 Å². The van der Waals surface area contributed by atoms with E-state index in [0.717, 1.165) is 50.0 Å². The maximum absolute atomic E-state index is 12.7.